The summed E-state index contributed by atoms with van der Waals surface area (Å²) >= 11 is 0. The van der Waals surface area contributed by atoms with Gasteiger partial charge in [-0.05, 0) is 32.0 Å². The number of aryl methyl sites for hydroxylation is 1. The van der Waals surface area contributed by atoms with E-state index in [1.807, 2.05) is 19.1 Å². The fourth-order valence-corrected chi connectivity index (χ4v) is 1.38. The lowest BCUT2D eigenvalue weighted by atomic mass is 10.2. The smallest absolute Gasteiger partial charge is 0.140 e. The molecule has 0 unspecified atom stereocenters. The largest absolute Gasteiger partial charge is 0.492 e. The predicted molar refractivity (Wildman–Crippen MR) is 62.1 cm³/mol. The quantitative estimate of drug-likeness (QED) is 0.737. The molecule has 0 fully saturated rings. The van der Waals surface area contributed by atoms with Crippen LogP contribution in [0.3, 0.4) is 0 Å². The lowest BCUT2D eigenvalue weighted by Crippen LogP contribution is -2.08. The second-order valence-electron chi connectivity index (χ2n) is 3.55. The minimum absolute atomic E-state index is 0.519. The number of ether oxygens (including phenoxy) is 1. The Balaban J connectivity index is 2.60. The molecule has 1 rings (SSSR count). The van der Waals surface area contributed by atoms with Crippen molar-refractivity contribution in [2.75, 3.05) is 13.2 Å². The third-order valence-corrected chi connectivity index (χ3v) is 2.14. The molecule has 0 saturated heterocycles. The first-order valence-corrected chi connectivity index (χ1v) is 5.44. The Bertz CT molecular complexity index is 371. The van der Waals surface area contributed by atoms with Crippen LogP contribution in [0.15, 0.2) is 12.1 Å². The van der Waals surface area contributed by atoms with Crippen LogP contribution in [0.4, 0.5) is 0 Å². The topological polar surface area (TPSA) is 71.9 Å². The number of hydrogen-bond donors (Lipinski definition) is 1. The molecule has 0 amide bonds. The number of nitriles is 1. The summed E-state index contributed by atoms with van der Waals surface area (Å²) in [6.07, 6.45) is 1.98. The van der Waals surface area contributed by atoms with Crippen LogP contribution in [0.5, 0.6) is 5.75 Å². The predicted octanol–water partition coefficient (Wildman–Crippen LogP) is 1.57. The molecule has 1 aromatic rings. The van der Waals surface area contributed by atoms with Gasteiger partial charge in [0.15, 0.2) is 0 Å². The van der Waals surface area contributed by atoms with Gasteiger partial charge in [-0.15, -0.1) is 0 Å². The number of nitrogens with zero attached hydrogens (tertiary/aromatic N) is 2. The van der Waals surface area contributed by atoms with E-state index in [1.54, 1.807) is 0 Å². The molecular weight excluding hydrogens is 202 g/mol. The molecule has 0 saturated carbocycles. The Morgan fingerprint density at radius 2 is 2.31 bits per heavy atom. The SMILES string of the molecule is Cc1ccc(OCCCC#N)c(CCN)n1. The Morgan fingerprint density at radius 3 is 3.00 bits per heavy atom. The van der Waals surface area contributed by atoms with Crippen LogP contribution in [0.2, 0.25) is 0 Å². The van der Waals surface area contributed by atoms with Crippen molar-refractivity contribution in [3.05, 3.63) is 23.5 Å². The van der Waals surface area contributed by atoms with Crippen molar-refractivity contribution in [3.8, 4) is 11.8 Å². The van der Waals surface area contributed by atoms with E-state index >= 15 is 0 Å². The third-order valence-electron chi connectivity index (χ3n) is 2.14. The van der Waals surface area contributed by atoms with Gasteiger partial charge >= 0.3 is 0 Å². The van der Waals surface area contributed by atoms with Crippen LogP contribution in [0.1, 0.15) is 24.2 Å². The van der Waals surface area contributed by atoms with E-state index in [-0.39, 0.29) is 0 Å². The molecule has 2 N–H and O–H groups in total. The Labute approximate surface area is 96.1 Å². The molecule has 0 radical (unpaired) electrons. The molecule has 4 heteroatoms. The second kappa shape index (κ2) is 6.81. The maximum Gasteiger partial charge on any atom is 0.140 e. The molecule has 16 heavy (non-hydrogen) atoms. The van der Waals surface area contributed by atoms with Crippen molar-refractivity contribution in [3.63, 3.8) is 0 Å². The lowest BCUT2D eigenvalue weighted by molar-refractivity contribution is 0.307. The summed E-state index contributed by atoms with van der Waals surface area (Å²) in [5.41, 5.74) is 7.39. The highest BCUT2D eigenvalue weighted by Gasteiger charge is 2.04. The van der Waals surface area contributed by atoms with E-state index in [1.165, 1.54) is 0 Å². The number of nitrogens with two attached hydrogens (primary N) is 1. The Kier molecular flexibility index (Phi) is 5.30. The molecule has 1 aromatic heterocycles. The van der Waals surface area contributed by atoms with Crippen molar-refractivity contribution in [2.24, 2.45) is 5.73 Å². The van der Waals surface area contributed by atoms with Crippen molar-refractivity contribution in [2.45, 2.75) is 26.2 Å². The van der Waals surface area contributed by atoms with E-state index in [0.717, 1.165) is 30.0 Å². The number of hydrogen-bond acceptors (Lipinski definition) is 4. The minimum atomic E-state index is 0.519. The summed E-state index contributed by atoms with van der Waals surface area (Å²) in [7, 11) is 0. The van der Waals surface area contributed by atoms with Gasteiger partial charge in [-0.3, -0.25) is 4.98 Å². The Hall–Kier alpha value is -1.60. The molecule has 4 nitrogen and oxygen atoms in total. The lowest BCUT2D eigenvalue weighted by Gasteiger charge is -2.10. The molecule has 1 heterocycles. The molecule has 0 aromatic carbocycles. The van der Waals surface area contributed by atoms with Crippen molar-refractivity contribution in [1.29, 1.82) is 5.26 Å². The van der Waals surface area contributed by atoms with Crippen molar-refractivity contribution >= 4 is 0 Å². The van der Waals surface area contributed by atoms with E-state index in [0.29, 0.717) is 19.6 Å². The summed E-state index contributed by atoms with van der Waals surface area (Å²) in [5, 5.41) is 8.40. The molecule has 0 spiro atoms. The van der Waals surface area contributed by atoms with E-state index in [4.69, 9.17) is 15.7 Å². The fraction of sp³-hybridized carbons (Fsp3) is 0.500. The summed E-state index contributed by atoms with van der Waals surface area (Å²) in [4.78, 5) is 4.39. The highest BCUT2D eigenvalue weighted by atomic mass is 16.5. The van der Waals surface area contributed by atoms with Gasteiger partial charge in [0.2, 0.25) is 0 Å². The third kappa shape index (κ3) is 3.87. The first-order chi connectivity index (χ1) is 7.77. The molecule has 0 bridgehead atoms. The minimum Gasteiger partial charge on any atom is -0.492 e. The van der Waals surface area contributed by atoms with Gasteiger partial charge in [-0.2, -0.15) is 5.26 Å². The number of unbranched alkanes of at least 4 members (excludes halogenated alkanes) is 1. The fourth-order valence-electron chi connectivity index (χ4n) is 1.38. The van der Waals surface area contributed by atoms with Gasteiger partial charge in [-0.1, -0.05) is 0 Å². The van der Waals surface area contributed by atoms with Gasteiger partial charge < -0.3 is 10.5 Å². The van der Waals surface area contributed by atoms with Crippen LogP contribution >= 0.6 is 0 Å². The van der Waals surface area contributed by atoms with Gasteiger partial charge in [-0.25, -0.2) is 0 Å². The van der Waals surface area contributed by atoms with E-state index in [9.17, 15) is 0 Å². The standard InChI is InChI=1S/C12H17N3O/c1-10-4-5-12(11(15-10)6-8-14)16-9-3-2-7-13/h4-5H,2-3,6,8-9,14H2,1H3. The number of aromatic nitrogens is 1. The molecule has 0 atom stereocenters. The summed E-state index contributed by atoms with van der Waals surface area (Å²) in [5.74, 6) is 0.786. The molecule has 86 valence electrons. The molecule has 0 aliphatic carbocycles. The molecular formula is C12H17N3O. The van der Waals surface area contributed by atoms with E-state index in [2.05, 4.69) is 11.1 Å². The van der Waals surface area contributed by atoms with E-state index < -0.39 is 0 Å². The molecule has 0 aliphatic heterocycles. The summed E-state index contributed by atoms with van der Waals surface area (Å²) < 4.78 is 5.58. The first kappa shape index (κ1) is 12.5. The van der Waals surface area contributed by atoms with Crippen LogP contribution in [-0.4, -0.2) is 18.1 Å². The van der Waals surface area contributed by atoms with Crippen molar-refractivity contribution < 1.29 is 4.74 Å². The summed E-state index contributed by atoms with van der Waals surface area (Å²) in [6, 6.07) is 5.92. The normalized spacial score (nSPS) is 9.81. The number of rotatable bonds is 6. The average molecular weight is 219 g/mol. The van der Waals surface area contributed by atoms with Crippen LogP contribution in [-0.2, 0) is 6.42 Å². The average Bonchev–Trinajstić information content (AvgIpc) is 2.27. The maximum absolute atomic E-state index is 8.40. The van der Waals surface area contributed by atoms with Gasteiger partial charge in [0.05, 0.1) is 18.4 Å². The zero-order valence-electron chi connectivity index (χ0n) is 9.57. The van der Waals surface area contributed by atoms with Crippen LogP contribution in [0.25, 0.3) is 0 Å². The van der Waals surface area contributed by atoms with Crippen LogP contribution < -0.4 is 10.5 Å². The van der Waals surface area contributed by atoms with Crippen molar-refractivity contribution in [1.82, 2.24) is 4.98 Å². The van der Waals surface area contributed by atoms with Crippen LogP contribution in [0, 0.1) is 18.3 Å². The highest BCUT2D eigenvalue weighted by Crippen LogP contribution is 2.17. The zero-order chi connectivity index (χ0) is 11.8. The van der Waals surface area contributed by atoms with Gasteiger partial charge in [0.1, 0.15) is 5.75 Å². The highest BCUT2D eigenvalue weighted by molar-refractivity contribution is 5.29. The first-order valence-electron chi connectivity index (χ1n) is 5.44. The number of pyridine rings is 1. The van der Waals surface area contributed by atoms with Gasteiger partial charge in [0, 0.05) is 18.5 Å². The maximum atomic E-state index is 8.40. The Morgan fingerprint density at radius 1 is 1.50 bits per heavy atom. The monoisotopic (exact) mass is 219 g/mol. The molecule has 0 aliphatic rings. The second-order valence-corrected chi connectivity index (χ2v) is 3.55. The van der Waals surface area contributed by atoms with Gasteiger partial charge in [0.25, 0.3) is 0 Å². The zero-order valence-corrected chi connectivity index (χ0v) is 9.57. The summed E-state index contributed by atoms with van der Waals surface area (Å²) in [6.45, 7) is 3.06.